The number of anilines is 1. The van der Waals surface area contributed by atoms with Crippen LogP contribution in [-0.4, -0.2) is 42.3 Å². The van der Waals surface area contributed by atoms with Crippen molar-refractivity contribution >= 4 is 31.5 Å². The fourth-order valence-corrected chi connectivity index (χ4v) is 3.27. The van der Waals surface area contributed by atoms with Gasteiger partial charge in [-0.2, -0.15) is 0 Å². The highest BCUT2D eigenvalue weighted by atomic mass is 79.9. The van der Waals surface area contributed by atoms with Gasteiger partial charge in [-0.05, 0) is 44.4 Å². The molecule has 3 rings (SSSR count). The third-order valence-corrected chi connectivity index (χ3v) is 6.06. The van der Waals surface area contributed by atoms with Crippen LogP contribution in [-0.2, 0) is 9.73 Å². The molecule has 0 radical (unpaired) electrons. The van der Waals surface area contributed by atoms with Crippen molar-refractivity contribution in [3.05, 3.63) is 39.0 Å². The molecule has 0 spiro atoms. The van der Waals surface area contributed by atoms with E-state index in [1.807, 2.05) is 13.8 Å². The number of rotatable bonds is 7. The summed E-state index contributed by atoms with van der Waals surface area (Å²) in [5.74, 6) is -0.829. The topological polar surface area (TPSA) is 140 Å². The first-order valence-electron chi connectivity index (χ1n) is 8.67. The SMILES string of the molecule is CC.CCS(=N)(=O)CCNc1nonc1-c1noc(=O)n1-c1ccc(F)c(Br)c1. The monoisotopic (exact) mass is 490 g/mol. The van der Waals surface area contributed by atoms with E-state index < -0.39 is 21.3 Å². The average molecular weight is 491 g/mol. The zero-order chi connectivity index (χ0) is 21.6. The third kappa shape index (κ3) is 5.29. The summed E-state index contributed by atoms with van der Waals surface area (Å²) in [4.78, 5) is 12.1. The lowest BCUT2D eigenvalue weighted by molar-refractivity contribution is 0.309. The lowest BCUT2D eigenvalue weighted by atomic mass is 10.3. The third-order valence-electron chi connectivity index (χ3n) is 3.66. The molecule has 0 amide bonds. The highest BCUT2D eigenvalue weighted by Gasteiger charge is 2.23. The summed E-state index contributed by atoms with van der Waals surface area (Å²) in [6.07, 6.45) is 0. The van der Waals surface area contributed by atoms with E-state index in [2.05, 4.69) is 36.7 Å². The minimum Gasteiger partial charge on any atom is -0.364 e. The number of benzene rings is 1. The van der Waals surface area contributed by atoms with Crippen molar-refractivity contribution in [2.45, 2.75) is 20.8 Å². The summed E-state index contributed by atoms with van der Waals surface area (Å²) < 4.78 is 43.6. The number of hydrogen-bond donors (Lipinski definition) is 2. The molecule has 1 atom stereocenters. The molecule has 3 aromatic rings. The zero-order valence-electron chi connectivity index (χ0n) is 15.9. The van der Waals surface area contributed by atoms with Gasteiger partial charge in [0.2, 0.25) is 11.6 Å². The second kappa shape index (κ2) is 9.78. The molecule has 1 unspecified atom stereocenters. The number of halogens is 2. The Morgan fingerprint density at radius 1 is 1.31 bits per heavy atom. The van der Waals surface area contributed by atoms with E-state index in [1.165, 1.54) is 18.2 Å². The maximum absolute atomic E-state index is 13.5. The van der Waals surface area contributed by atoms with Crippen LogP contribution in [0.25, 0.3) is 17.2 Å². The Morgan fingerprint density at radius 2 is 2.03 bits per heavy atom. The zero-order valence-corrected chi connectivity index (χ0v) is 18.3. The van der Waals surface area contributed by atoms with Gasteiger partial charge in [-0.1, -0.05) is 25.9 Å². The first-order valence-corrected chi connectivity index (χ1v) is 11.4. The second-order valence-corrected chi connectivity index (χ2v) is 8.86. The maximum Gasteiger partial charge on any atom is 0.446 e. The van der Waals surface area contributed by atoms with E-state index >= 15 is 0 Å². The lowest BCUT2D eigenvalue weighted by Gasteiger charge is -2.07. The van der Waals surface area contributed by atoms with Gasteiger partial charge < -0.3 is 5.32 Å². The highest BCUT2D eigenvalue weighted by Crippen LogP contribution is 2.26. The van der Waals surface area contributed by atoms with E-state index in [0.29, 0.717) is 5.69 Å². The van der Waals surface area contributed by atoms with Crippen LogP contribution in [0, 0.1) is 10.6 Å². The molecule has 0 aliphatic carbocycles. The minimum absolute atomic E-state index is 0.00985. The second-order valence-electron chi connectivity index (χ2n) is 5.40. The molecule has 2 heterocycles. The van der Waals surface area contributed by atoms with Crippen LogP contribution in [0.5, 0.6) is 0 Å². The summed E-state index contributed by atoms with van der Waals surface area (Å²) in [7, 11) is -2.68. The number of nitrogens with one attached hydrogen (secondary N) is 2. The molecule has 2 aromatic heterocycles. The normalized spacial score (nSPS) is 12.7. The van der Waals surface area contributed by atoms with Crippen molar-refractivity contribution in [1.82, 2.24) is 20.0 Å². The molecule has 0 aliphatic rings. The van der Waals surface area contributed by atoms with Crippen molar-refractivity contribution in [1.29, 1.82) is 4.78 Å². The molecule has 0 aliphatic heterocycles. The van der Waals surface area contributed by atoms with E-state index in [-0.39, 0.29) is 39.9 Å². The van der Waals surface area contributed by atoms with E-state index in [4.69, 9.17) is 13.9 Å². The van der Waals surface area contributed by atoms with E-state index in [1.54, 1.807) is 6.92 Å². The molecule has 0 saturated carbocycles. The van der Waals surface area contributed by atoms with E-state index in [9.17, 15) is 13.4 Å². The first kappa shape index (κ1) is 22.7. The van der Waals surface area contributed by atoms with Crippen LogP contribution in [0.2, 0.25) is 0 Å². The van der Waals surface area contributed by atoms with Crippen LogP contribution < -0.4 is 11.1 Å². The van der Waals surface area contributed by atoms with Gasteiger partial charge in [-0.15, -0.1) is 0 Å². The van der Waals surface area contributed by atoms with Gasteiger partial charge in [0.15, 0.2) is 5.69 Å². The van der Waals surface area contributed by atoms with Crippen molar-refractivity contribution in [3.63, 3.8) is 0 Å². The fraction of sp³-hybridized carbons (Fsp3) is 0.375. The molecule has 1 aromatic carbocycles. The predicted molar refractivity (Wildman–Crippen MR) is 109 cm³/mol. The predicted octanol–water partition coefficient (Wildman–Crippen LogP) is 3.28. The fourth-order valence-electron chi connectivity index (χ4n) is 2.18. The summed E-state index contributed by atoms with van der Waals surface area (Å²) >= 11 is 3.06. The largest absolute Gasteiger partial charge is 0.446 e. The van der Waals surface area contributed by atoms with Crippen LogP contribution in [0.4, 0.5) is 10.2 Å². The van der Waals surface area contributed by atoms with Gasteiger partial charge in [0.1, 0.15) is 5.82 Å². The molecule has 13 heteroatoms. The van der Waals surface area contributed by atoms with Crippen molar-refractivity contribution in [2.75, 3.05) is 23.4 Å². The smallest absolute Gasteiger partial charge is 0.364 e. The van der Waals surface area contributed by atoms with E-state index in [0.717, 1.165) is 4.57 Å². The summed E-state index contributed by atoms with van der Waals surface area (Å²) in [6, 6.07) is 3.94. The standard InChI is InChI=1S/C14H14BrFN6O4S.C2H6/c1-2-27(17,24)6-5-18-12-11(19-26-20-12)13-21-25-14(23)22(13)8-3-4-10(16)9(15)7-8;1-2/h3-4,7,17H,2,5-6H2,1H3,(H,18,20);1-2H3. The van der Waals surface area contributed by atoms with Gasteiger partial charge in [0.05, 0.1) is 10.2 Å². The van der Waals surface area contributed by atoms with Gasteiger partial charge in [-0.3, -0.25) is 9.30 Å². The summed E-state index contributed by atoms with van der Waals surface area (Å²) in [5.41, 5.74) is 0.368. The van der Waals surface area contributed by atoms with Gasteiger partial charge in [-0.25, -0.2) is 22.6 Å². The minimum atomic E-state index is -2.68. The van der Waals surface area contributed by atoms with Crippen molar-refractivity contribution in [2.24, 2.45) is 0 Å². The maximum atomic E-state index is 13.5. The Bertz CT molecular complexity index is 1120. The molecule has 10 nitrogen and oxygen atoms in total. The summed E-state index contributed by atoms with van der Waals surface area (Å²) in [5, 5.41) is 14.0. The molecular formula is C16H20BrFN6O4S. The first-order chi connectivity index (χ1) is 13.8. The molecule has 2 N–H and O–H groups in total. The quantitative estimate of drug-likeness (QED) is 0.513. The van der Waals surface area contributed by atoms with Gasteiger partial charge >= 0.3 is 5.76 Å². The van der Waals surface area contributed by atoms with Gasteiger partial charge in [0, 0.05) is 27.8 Å². The Kier molecular flexibility index (Phi) is 7.67. The highest BCUT2D eigenvalue weighted by molar-refractivity contribution is 9.10. The molecular weight excluding hydrogens is 471 g/mol. The van der Waals surface area contributed by atoms with Crippen LogP contribution in [0.15, 0.2) is 36.6 Å². The molecule has 158 valence electrons. The Balaban J connectivity index is 0.00000145. The Labute approximate surface area is 174 Å². The molecule has 0 bridgehead atoms. The number of nitrogens with zero attached hydrogens (tertiary/aromatic N) is 4. The summed E-state index contributed by atoms with van der Waals surface area (Å²) in [6.45, 7) is 5.86. The molecule has 0 fully saturated rings. The van der Waals surface area contributed by atoms with Gasteiger partial charge in [0.25, 0.3) is 0 Å². The number of hydrogen-bond acceptors (Lipinski definition) is 9. The van der Waals surface area contributed by atoms with Crippen LogP contribution in [0.3, 0.4) is 0 Å². The Hall–Kier alpha value is -2.54. The van der Waals surface area contributed by atoms with Crippen LogP contribution in [0.1, 0.15) is 20.8 Å². The molecule has 29 heavy (non-hydrogen) atoms. The average Bonchev–Trinajstić information content (AvgIpc) is 3.32. The van der Waals surface area contributed by atoms with Crippen LogP contribution >= 0.6 is 15.9 Å². The molecule has 0 saturated heterocycles. The van der Waals surface area contributed by atoms with Crippen molar-refractivity contribution < 1.29 is 17.8 Å². The lowest BCUT2D eigenvalue weighted by Crippen LogP contribution is -2.17. The van der Waals surface area contributed by atoms with Crippen molar-refractivity contribution in [3.8, 4) is 17.2 Å². The number of aromatic nitrogens is 4. The Morgan fingerprint density at radius 3 is 2.69 bits per heavy atom.